The molecule has 2 rings (SSSR count). The van der Waals surface area contributed by atoms with E-state index in [1.807, 2.05) is 31.2 Å². The van der Waals surface area contributed by atoms with Gasteiger partial charge in [0.2, 0.25) is 6.29 Å². The van der Waals surface area contributed by atoms with Gasteiger partial charge in [-0.05, 0) is 57.2 Å². The summed E-state index contributed by atoms with van der Waals surface area (Å²) in [6.07, 6.45) is -0.0429. The number of aliphatic hydroxyl groups is 1. The third kappa shape index (κ3) is 9.14. The lowest BCUT2D eigenvalue weighted by Crippen LogP contribution is -2.45. The van der Waals surface area contributed by atoms with Crippen LogP contribution in [0.2, 0.25) is 0 Å². The molecule has 0 aliphatic heterocycles. The quantitative estimate of drug-likeness (QED) is 0.394. The lowest BCUT2D eigenvalue weighted by atomic mass is 10.1. The van der Waals surface area contributed by atoms with Crippen molar-refractivity contribution in [3.63, 3.8) is 0 Å². The summed E-state index contributed by atoms with van der Waals surface area (Å²) in [5.74, 6) is 0.804. The van der Waals surface area contributed by atoms with Crippen molar-refractivity contribution < 1.29 is 33.6 Å². The summed E-state index contributed by atoms with van der Waals surface area (Å²) in [6, 6.07) is 7.37. The van der Waals surface area contributed by atoms with Crippen molar-refractivity contribution in [2.75, 3.05) is 19.8 Å². The minimum atomic E-state index is -1.01. The molecule has 0 spiro atoms. The number of benzene rings is 1. The summed E-state index contributed by atoms with van der Waals surface area (Å²) in [6.45, 7) is 9.17. The van der Waals surface area contributed by atoms with Crippen LogP contribution >= 0.6 is 0 Å². The zero-order valence-corrected chi connectivity index (χ0v) is 19.1. The number of amides is 1. The molecule has 1 aromatic carbocycles. The summed E-state index contributed by atoms with van der Waals surface area (Å²) in [5.41, 5.74) is 1.07. The van der Waals surface area contributed by atoms with Gasteiger partial charge in [-0.2, -0.15) is 0 Å². The second kappa shape index (κ2) is 11.9. The first kappa shape index (κ1) is 24.9. The van der Waals surface area contributed by atoms with Crippen molar-refractivity contribution in [1.82, 2.24) is 4.90 Å². The number of hydrogen-bond acceptors (Lipinski definition) is 7. The molecule has 1 aliphatic carbocycles. The van der Waals surface area contributed by atoms with E-state index >= 15 is 0 Å². The largest absolute Gasteiger partial charge is 0.491 e. The number of ether oxygens (including phenoxy) is 4. The Morgan fingerprint density at radius 2 is 1.74 bits per heavy atom. The third-order valence-corrected chi connectivity index (χ3v) is 4.93. The average molecular weight is 438 g/mol. The van der Waals surface area contributed by atoms with Crippen LogP contribution in [0, 0.1) is 5.92 Å². The van der Waals surface area contributed by atoms with E-state index in [-0.39, 0.29) is 25.3 Å². The molecule has 1 amide bonds. The van der Waals surface area contributed by atoms with E-state index in [1.165, 1.54) is 31.6 Å². The number of rotatable bonds is 12. The molecule has 0 saturated heterocycles. The Hall–Kier alpha value is -2.32. The molecule has 8 nitrogen and oxygen atoms in total. The summed E-state index contributed by atoms with van der Waals surface area (Å²) >= 11 is 0. The van der Waals surface area contributed by atoms with Crippen LogP contribution in [0.1, 0.15) is 59.1 Å². The second-order valence-corrected chi connectivity index (χ2v) is 8.26. The molecule has 0 aromatic heterocycles. The number of carbonyl (C=O) groups excluding carboxylic acids is 2. The van der Waals surface area contributed by atoms with Gasteiger partial charge < -0.3 is 29.0 Å². The van der Waals surface area contributed by atoms with Crippen molar-refractivity contribution in [1.29, 1.82) is 0 Å². The summed E-state index contributed by atoms with van der Waals surface area (Å²) in [4.78, 5) is 24.7. The van der Waals surface area contributed by atoms with Gasteiger partial charge in [-0.3, -0.25) is 4.79 Å². The molecular formula is C23H35NO7. The lowest BCUT2D eigenvalue weighted by molar-refractivity contribution is -0.163. The predicted octanol–water partition coefficient (Wildman–Crippen LogP) is 3.67. The Bertz CT molecular complexity index is 702. The van der Waals surface area contributed by atoms with Crippen LogP contribution in [0.5, 0.6) is 5.75 Å². The van der Waals surface area contributed by atoms with Crippen LogP contribution < -0.4 is 4.74 Å². The maximum atomic E-state index is 12.3. The van der Waals surface area contributed by atoms with E-state index in [2.05, 4.69) is 0 Å². The first-order valence-electron chi connectivity index (χ1n) is 10.8. The standard InChI is InChI=1S/C23H35NO7/c1-15(2)24(23(27)31-18(5)30-17(4)25)12-21(26)14-29-22-10-8-20(9-11-22)16(3)28-13-19-6-7-19/h8-11,15-16,18-19,21,26H,6-7,12-14H2,1-5H3. The molecule has 3 unspecified atom stereocenters. The monoisotopic (exact) mass is 437 g/mol. The SMILES string of the molecule is CC(=O)OC(C)OC(=O)N(CC(O)COc1ccc(C(C)OCC2CC2)cc1)C(C)C. The number of esters is 1. The van der Waals surface area contributed by atoms with E-state index in [0.717, 1.165) is 18.1 Å². The molecule has 31 heavy (non-hydrogen) atoms. The molecule has 0 heterocycles. The maximum absolute atomic E-state index is 12.3. The molecule has 1 aliphatic rings. The fraction of sp³-hybridized carbons (Fsp3) is 0.652. The van der Waals surface area contributed by atoms with E-state index < -0.39 is 24.5 Å². The van der Waals surface area contributed by atoms with E-state index in [4.69, 9.17) is 18.9 Å². The number of hydrogen-bond donors (Lipinski definition) is 1. The van der Waals surface area contributed by atoms with Crippen molar-refractivity contribution in [3.8, 4) is 5.75 Å². The van der Waals surface area contributed by atoms with Gasteiger partial charge in [-0.1, -0.05) is 12.1 Å². The molecule has 174 valence electrons. The maximum Gasteiger partial charge on any atom is 0.413 e. The van der Waals surface area contributed by atoms with Gasteiger partial charge in [0, 0.05) is 19.9 Å². The highest BCUT2D eigenvalue weighted by Crippen LogP contribution is 2.31. The second-order valence-electron chi connectivity index (χ2n) is 8.26. The minimum absolute atomic E-state index is 0.0169. The van der Waals surface area contributed by atoms with Crippen LogP contribution in [0.15, 0.2) is 24.3 Å². The van der Waals surface area contributed by atoms with Crippen LogP contribution in [0.4, 0.5) is 4.79 Å². The Kier molecular flexibility index (Phi) is 9.58. The Morgan fingerprint density at radius 1 is 1.10 bits per heavy atom. The first-order valence-corrected chi connectivity index (χ1v) is 10.8. The molecule has 1 N–H and O–H groups in total. The van der Waals surface area contributed by atoms with Crippen molar-refractivity contribution in [3.05, 3.63) is 29.8 Å². The highest BCUT2D eigenvalue weighted by atomic mass is 16.7. The zero-order chi connectivity index (χ0) is 23.0. The van der Waals surface area contributed by atoms with Gasteiger partial charge in [0.25, 0.3) is 0 Å². The zero-order valence-electron chi connectivity index (χ0n) is 19.1. The van der Waals surface area contributed by atoms with Crippen molar-refractivity contribution in [2.24, 2.45) is 5.92 Å². The van der Waals surface area contributed by atoms with Crippen LogP contribution in [0.3, 0.4) is 0 Å². The predicted molar refractivity (Wildman–Crippen MR) is 115 cm³/mol. The molecule has 1 saturated carbocycles. The fourth-order valence-electron chi connectivity index (χ4n) is 2.93. The van der Waals surface area contributed by atoms with Crippen LogP contribution in [-0.2, 0) is 19.0 Å². The van der Waals surface area contributed by atoms with E-state index in [9.17, 15) is 14.7 Å². The Labute approximate surface area is 184 Å². The highest BCUT2D eigenvalue weighted by Gasteiger charge is 2.25. The highest BCUT2D eigenvalue weighted by molar-refractivity contribution is 5.69. The molecule has 3 atom stereocenters. The van der Waals surface area contributed by atoms with Crippen molar-refractivity contribution in [2.45, 2.75) is 72.0 Å². The lowest BCUT2D eigenvalue weighted by Gasteiger charge is -2.29. The smallest absolute Gasteiger partial charge is 0.413 e. The minimum Gasteiger partial charge on any atom is -0.491 e. The van der Waals surface area contributed by atoms with Gasteiger partial charge in [0.05, 0.1) is 19.3 Å². The summed E-state index contributed by atoms with van der Waals surface area (Å²) in [5, 5.41) is 10.3. The van der Waals surface area contributed by atoms with E-state index in [0.29, 0.717) is 5.75 Å². The van der Waals surface area contributed by atoms with Gasteiger partial charge in [-0.15, -0.1) is 0 Å². The molecule has 0 radical (unpaired) electrons. The normalized spacial score (nSPS) is 16.4. The summed E-state index contributed by atoms with van der Waals surface area (Å²) < 4.78 is 21.5. The van der Waals surface area contributed by atoms with Gasteiger partial charge in [-0.25, -0.2) is 4.79 Å². The number of aliphatic hydroxyl groups excluding tert-OH is 1. The van der Waals surface area contributed by atoms with E-state index in [1.54, 1.807) is 13.8 Å². The number of nitrogens with zero attached hydrogens (tertiary/aromatic N) is 1. The van der Waals surface area contributed by atoms with Crippen LogP contribution in [-0.4, -0.2) is 60.3 Å². The molecule has 0 bridgehead atoms. The van der Waals surface area contributed by atoms with Gasteiger partial charge >= 0.3 is 12.1 Å². The average Bonchev–Trinajstić information content (AvgIpc) is 3.52. The molecular weight excluding hydrogens is 402 g/mol. The first-order chi connectivity index (χ1) is 14.7. The van der Waals surface area contributed by atoms with Crippen LogP contribution in [0.25, 0.3) is 0 Å². The molecule has 8 heteroatoms. The fourth-order valence-corrected chi connectivity index (χ4v) is 2.93. The van der Waals surface area contributed by atoms with Gasteiger partial charge in [0.15, 0.2) is 0 Å². The molecule has 1 fully saturated rings. The molecule has 1 aromatic rings. The topological polar surface area (TPSA) is 94.5 Å². The number of carbonyl (C=O) groups is 2. The Morgan fingerprint density at radius 3 is 2.29 bits per heavy atom. The van der Waals surface area contributed by atoms with Crippen molar-refractivity contribution >= 4 is 12.1 Å². The summed E-state index contributed by atoms with van der Waals surface area (Å²) in [7, 11) is 0. The Balaban J connectivity index is 1.79. The van der Waals surface area contributed by atoms with Gasteiger partial charge in [0.1, 0.15) is 18.5 Å². The third-order valence-electron chi connectivity index (χ3n) is 4.93.